The van der Waals surface area contributed by atoms with E-state index in [1.165, 1.54) is 30.3 Å². The Morgan fingerprint density at radius 3 is 2.33 bits per heavy atom. The molecule has 1 aromatic rings. The molecule has 0 radical (unpaired) electrons. The summed E-state index contributed by atoms with van der Waals surface area (Å²) in [6.07, 6.45) is 5.17. The maximum absolute atomic E-state index is 12.0. The largest absolute Gasteiger partial charge is 0.240 e. The molecule has 0 aliphatic carbocycles. The van der Waals surface area contributed by atoms with E-state index in [0.29, 0.717) is 12.1 Å². The van der Waals surface area contributed by atoms with Crippen LogP contribution in [0.4, 0.5) is 5.69 Å². The van der Waals surface area contributed by atoms with E-state index in [9.17, 15) is 13.2 Å². The summed E-state index contributed by atoms with van der Waals surface area (Å²) in [6, 6.07) is 5.96. The van der Waals surface area contributed by atoms with Gasteiger partial charge < -0.3 is 0 Å². The molecule has 98 valence electrons. The Morgan fingerprint density at radius 1 is 1.11 bits per heavy atom. The van der Waals surface area contributed by atoms with Gasteiger partial charge in [0, 0.05) is 0 Å². The van der Waals surface area contributed by atoms with Gasteiger partial charge in [0.25, 0.3) is 0 Å². The summed E-state index contributed by atoms with van der Waals surface area (Å²) in [5.41, 5.74) is 0.412. The lowest BCUT2D eigenvalue weighted by Crippen LogP contribution is -2.06. The van der Waals surface area contributed by atoms with Crippen molar-refractivity contribution in [3.63, 3.8) is 0 Å². The molecule has 0 bridgehead atoms. The number of carbonyl (C=O) groups excluding carboxylic acids is 1. The van der Waals surface area contributed by atoms with Crippen LogP contribution in [0.3, 0.4) is 0 Å². The second kappa shape index (κ2) is 7.09. The normalized spacial score (nSPS) is 10.9. The summed E-state index contributed by atoms with van der Waals surface area (Å²) >= 11 is 0. The summed E-state index contributed by atoms with van der Waals surface area (Å²) in [5.74, 6) is 0.170. The number of hydrogen-bond donors (Lipinski definition) is 0. The Hall–Kier alpha value is -1.45. The molecular formula is C13H17NO3S. The minimum atomic E-state index is -3.21. The van der Waals surface area contributed by atoms with Crippen LogP contribution in [0.1, 0.15) is 32.6 Å². The van der Waals surface area contributed by atoms with Gasteiger partial charge in [-0.1, -0.05) is 26.2 Å². The van der Waals surface area contributed by atoms with E-state index in [2.05, 4.69) is 11.9 Å². The molecule has 1 aromatic carbocycles. The maximum Gasteiger partial charge on any atom is 0.240 e. The fraction of sp³-hybridized carbons (Fsp3) is 0.462. The van der Waals surface area contributed by atoms with E-state index >= 15 is 0 Å². The molecule has 0 spiro atoms. The highest BCUT2D eigenvalue weighted by Crippen LogP contribution is 2.18. The Bertz CT molecular complexity index is 514. The van der Waals surface area contributed by atoms with Crippen LogP contribution in [0.25, 0.3) is 0 Å². The Morgan fingerprint density at radius 2 is 1.78 bits per heavy atom. The first-order valence-corrected chi connectivity index (χ1v) is 7.66. The van der Waals surface area contributed by atoms with Gasteiger partial charge in [0.15, 0.2) is 9.84 Å². The number of isocyanates is 1. The maximum atomic E-state index is 12.0. The van der Waals surface area contributed by atoms with Crippen LogP contribution in [0.2, 0.25) is 0 Å². The van der Waals surface area contributed by atoms with Gasteiger partial charge in [-0.2, -0.15) is 4.99 Å². The fourth-order valence-electron chi connectivity index (χ4n) is 1.62. The van der Waals surface area contributed by atoms with Crippen molar-refractivity contribution in [2.24, 2.45) is 4.99 Å². The second-order valence-corrected chi connectivity index (χ2v) is 6.19. The van der Waals surface area contributed by atoms with Gasteiger partial charge in [0.2, 0.25) is 6.08 Å². The second-order valence-electron chi connectivity index (χ2n) is 4.08. The molecule has 18 heavy (non-hydrogen) atoms. The number of hydrogen-bond acceptors (Lipinski definition) is 4. The van der Waals surface area contributed by atoms with Crippen LogP contribution in [0.15, 0.2) is 34.2 Å². The summed E-state index contributed by atoms with van der Waals surface area (Å²) in [5, 5.41) is 0. The monoisotopic (exact) mass is 267 g/mol. The van der Waals surface area contributed by atoms with Crippen molar-refractivity contribution in [1.82, 2.24) is 0 Å². The molecule has 0 amide bonds. The fourth-order valence-corrected chi connectivity index (χ4v) is 2.99. The van der Waals surface area contributed by atoms with E-state index in [-0.39, 0.29) is 10.6 Å². The van der Waals surface area contributed by atoms with Gasteiger partial charge in [0.1, 0.15) is 0 Å². The molecule has 0 aromatic heterocycles. The van der Waals surface area contributed by atoms with Crippen LogP contribution in [-0.2, 0) is 14.6 Å². The van der Waals surface area contributed by atoms with Gasteiger partial charge in [-0.05, 0) is 30.7 Å². The van der Waals surface area contributed by atoms with Gasteiger partial charge >= 0.3 is 0 Å². The highest BCUT2D eigenvalue weighted by Gasteiger charge is 2.13. The lowest BCUT2D eigenvalue weighted by Gasteiger charge is -2.04. The van der Waals surface area contributed by atoms with Crippen molar-refractivity contribution in [3.05, 3.63) is 24.3 Å². The molecule has 1 rings (SSSR count). The van der Waals surface area contributed by atoms with Crippen LogP contribution in [-0.4, -0.2) is 20.3 Å². The molecule has 0 aliphatic rings. The van der Waals surface area contributed by atoms with Gasteiger partial charge in [-0.25, -0.2) is 13.2 Å². The lowest BCUT2D eigenvalue weighted by atomic mass is 10.2. The summed E-state index contributed by atoms with van der Waals surface area (Å²) < 4.78 is 23.9. The zero-order chi connectivity index (χ0) is 13.4. The molecule has 0 N–H and O–H groups in total. The minimum Gasteiger partial charge on any atom is -0.224 e. The van der Waals surface area contributed by atoms with E-state index in [1.54, 1.807) is 0 Å². The minimum absolute atomic E-state index is 0.170. The molecule has 0 saturated carbocycles. The van der Waals surface area contributed by atoms with E-state index in [4.69, 9.17) is 0 Å². The van der Waals surface area contributed by atoms with Gasteiger partial charge in [-0.15, -0.1) is 0 Å². The first-order chi connectivity index (χ1) is 8.60. The van der Waals surface area contributed by atoms with E-state index in [0.717, 1.165) is 19.3 Å². The Kier molecular flexibility index (Phi) is 5.75. The number of unbranched alkanes of at least 4 members (excludes halogenated alkanes) is 3. The first kappa shape index (κ1) is 14.6. The number of rotatable bonds is 7. The quantitative estimate of drug-likeness (QED) is 0.433. The molecule has 4 nitrogen and oxygen atoms in total. The number of benzene rings is 1. The number of aliphatic imine (C=N–C) groups is 1. The molecule has 0 aliphatic heterocycles. The third-order valence-electron chi connectivity index (χ3n) is 2.64. The van der Waals surface area contributed by atoms with Crippen LogP contribution < -0.4 is 0 Å². The summed E-state index contributed by atoms with van der Waals surface area (Å²) in [4.78, 5) is 13.7. The highest BCUT2D eigenvalue weighted by atomic mass is 32.2. The summed E-state index contributed by atoms with van der Waals surface area (Å²) in [7, 11) is -3.21. The van der Waals surface area contributed by atoms with Crippen molar-refractivity contribution < 1.29 is 13.2 Å². The third-order valence-corrected chi connectivity index (χ3v) is 4.45. The first-order valence-electron chi connectivity index (χ1n) is 6.01. The van der Waals surface area contributed by atoms with Crippen molar-refractivity contribution in [2.45, 2.75) is 37.5 Å². The van der Waals surface area contributed by atoms with Gasteiger partial charge in [0.05, 0.1) is 16.3 Å². The van der Waals surface area contributed by atoms with E-state index < -0.39 is 9.84 Å². The molecule has 0 saturated heterocycles. The van der Waals surface area contributed by atoms with Crippen molar-refractivity contribution in [1.29, 1.82) is 0 Å². The zero-order valence-electron chi connectivity index (χ0n) is 10.4. The zero-order valence-corrected chi connectivity index (χ0v) is 11.2. The molecule has 0 fully saturated rings. The average molecular weight is 267 g/mol. The predicted molar refractivity (Wildman–Crippen MR) is 70.4 cm³/mol. The number of nitrogens with zero attached hydrogens (tertiary/aromatic N) is 1. The predicted octanol–water partition coefficient (Wildman–Crippen LogP) is 3.01. The molecular weight excluding hydrogens is 250 g/mol. The van der Waals surface area contributed by atoms with Gasteiger partial charge in [-0.3, -0.25) is 0 Å². The topological polar surface area (TPSA) is 63.6 Å². The Balaban J connectivity index is 2.69. The highest BCUT2D eigenvalue weighted by molar-refractivity contribution is 7.91. The van der Waals surface area contributed by atoms with Crippen molar-refractivity contribution >= 4 is 21.6 Å². The van der Waals surface area contributed by atoms with Crippen molar-refractivity contribution in [2.75, 3.05) is 5.75 Å². The SMILES string of the molecule is CCCCCCS(=O)(=O)c1ccc(N=C=O)cc1. The molecule has 5 heteroatoms. The smallest absolute Gasteiger partial charge is 0.224 e. The molecule has 0 unspecified atom stereocenters. The standard InChI is InChI=1S/C13H17NO3S/c1-2-3-4-5-10-18(16,17)13-8-6-12(7-9-13)14-11-15/h6-9H,2-5,10H2,1H3. The summed E-state index contributed by atoms with van der Waals surface area (Å²) in [6.45, 7) is 2.08. The molecule has 0 heterocycles. The van der Waals surface area contributed by atoms with Crippen LogP contribution >= 0.6 is 0 Å². The Labute approximate surface area is 108 Å². The average Bonchev–Trinajstić information content (AvgIpc) is 2.36. The van der Waals surface area contributed by atoms with Crippen LogP contribution in [0.5, 0.6) is 0 Å². The third kappa shape index (κ3) is 4.43. The van der Waals surface area contributed by atoms with Crippen LogP contribution in [0, 0.1) is 0 Å². The van der Waals surface area contributed by atoms with E-state index in [1.807, 2.05) is 0 Å². The molecule has 0 atom stereocenters. The lowest BCUT2D eigenvalue weighted by molar-refractivity contribution is 0.565. The van der Waals surface area contributed by atoms with Crippen molar-refractivity contribution in [3.8, 4) is 0 Å². The number of sulfone groups is 1.